The van der Waals surface area contributed by atoms with E-state index in [1.54, 1.807) is 0 Å². The predicted octanol–water partition coefficient (Wildman–Crippen LogP) is 2.04. The van der Waals surface area contributed by atoms with Crippen molar-refractivity contribution in [1.29, 1.82) is 0 Å². The van der Waals surface area contributed by atoms with Gasteiger partial charge in [0.25, 0.3) is 0 Å². The summed E-state index contributed by atoms with van der Waals surface area (Å²) in [5.74, 6) is -3.40. The van der Waals surface area contributed by atoms with Crippen LogP contribution in [0.15, 0.2) is 12.1 Å². The van der Waals surface area contributed by atoms with Crippen molar-refractivity contribution in [3.8, 4) is 5.75 Å². The Kier molecular flexibility index (Phi) is 3.51. The Labute approximate surface area is 90.0 Å². The number of hydrogen-bond acceptors (Lipinski definition) is 3. The van der Waals surface area contributed by atoms with Crippen LogP contribution < -0.4 is 4.74 Å². The largest absolute Gasteiger partial charge is 0.493 e. The van der Waals surface area contributed by atoms with Crippen LogP contribution in [0.25, 0.3) is 0 Å². The summed E-state index contributed by atoms with van der Waals surface area (Å²) in [6.07, 6.45) is 0. The molecule has 0 amide bonds. The van der Waals surface area contributed by atoms with Crippen molar-refractivity contribution in [1.82, 2.24) is 0 Å². The number of hydrogen-bond donors (Lipinski definition) is 0. The van der Waals surface area contributed by atoms with Crippen molar-refractivity contribution in [3.05, 3.63) is 29.3 Å². The standard InChI is InChI=1S/C8H7ClF2O3S/c1-14-8-5(4-15(9,12)13)2-3-6(10)7(8)11/h2-3H,4H2,1H3. The van der Waals surface area contributed by atoms with Crippen LogP contribution in [0.5, 0.6) is 5.75 Å². The summed E-state index contributed by atoms with van der Waals surface area (Å²) in [6, 6.07) is 1.92. The van der Waals surface area contributed by atoms with Gasteiger partial charge in [0, 0.05) is 16.2 Å². The highest BCUT2D eigenvalue weighted by Crippen LogP contribution is 2.27. The highest BCUT2D eigenvalue weighted by atomic mass is 35.7. The van der Waals surface area contributed by atoms with Gasteiger partial charge in [-0.25, -0.2) is 12.8 Å². The molecule has 0 bridgehead atoms. The van der Waals surface area contributed by atoms with Gasteiger partial charge in [-0.2, -0.15) is 4.39 Å². The van der Waals surface area contributed by atoms with Gasteiger partial charge in [0.1, 0.15) is 0 Å². The van der Waals surface area contributed by atoms with Crippen molar-refractivity contribution in [2.75, 3.05) is 7.11 Å². The molecule has 0 atom stereocenters. The SMILES string of the molecule is COc1c(CS(=O)(=O)Cl)ccc(F)c1F. The van der Waals surface area contributed by atoms with Gasteiger partial charge in [-0.15, -0.1) is 0 Å². The second-order valence-electron chi connectivity index (χ2n) is 2.74. The first-order chi connectivity index (χ1) is 6.85. The predicted molar refractivity (Wildman–Crippen MR) is 51.4 cm³/mol. The molecule has 0 aliphatic heterocycles. The van der Waals surface area contributed by atoms with Gasteiger partial charge in [0.15, 0.2) is 11.6 Å². The molecule has 0 saturated carbocycles. The molecule has 1 aromatic rings. The van der Waals surface area contributed by atoms with E-state index in [1.165, 1.54) is 0 Å². The number of ether oxygens (including phenoxy) is 1. The van der Waals surface area contributed by atoms with E-state index in [0.29, 0.717) is 0 Å². The Hall–Kier alpha value is -0.880. The molecule has 0 N–H and O–H groups in total. The fourth-order valence-corrected chi connectivity index (χ4v) is 2.04. The second kappa shape index (κ2) is 4.32. The summed E-state index contributed by atoms with van der Waals surface area (Å²) in [6.45, 7) is 0. The zero-order valence-electron chi connectivity index (χ0n) is 7.63. The van der Waals surface area contributed by atoms with Crippen molar-refractivity contribution < 1.29 is 21.9 Å². The molecule has 15 heavy (non-hydrogen) atoms. The second-order valence-corrected chi connectivity index (χ2v) is 5.51. The number of methoxy groups -OCH3 is 1. The van der Waals surface area contributed by atoms with Crippen LogP contribution in [0.4, 0.5) is 8.78 Å². The van der Waals surface area contributed by atoms with Crippen molar-refractivity contribution in [2.45, 2.75) is 5.75 Å². The third kappa shape index (κ3) is 3.04. The highest BCUT2D eigenvalue weighted by molar-refractivity contribution is 8.13. The Morgan fingerprint density at radius 3 is 2.47 bits per heavy atom. The fourth-order valence-electron chi connectivity index (χ4n) is 1.09. The lowest BCUT2D eigenvalue weighted by molar-refractivity contribution is 0.368. The minimum absolute atomic E-state index is 0.0219. The van der Waals surface area contributed by atoms with Gasteiger partial charge in [0.2, 0.25) is 14.9 Å². The summed E-state index contributed by atoms with van der Waals surface area (Å²) in [5.41, 5.74) is -0.0219. The van der Waals surface area contributed by atoms with Crippen LogP contribution in [0, 0.1) is 11.6 Å². The molecule has 0 aliphatic carbocycles. The molecule has 3 nitrogen and oxygen atoms in total. The van der Waals surface area contributed by atoms with Crippen molar-refractivity contribution in [2.24, 2.45) is 0 Å². The molecule has 0 aromatic heterocycles. The Morgan fingerprint density at radius 1 is 1.40 bits per heavy atom. The van der Waals surface area contributed by atoms with Crippen molar-refractivity contribution >= 4 is 19.7 Å². The molecule has 0 heterocycles. The molecule has 0 fully saturated rings. The zero-order valence-corrected chi connectivity index (χ0v) is 9.20. The van der Waals surface area contributed by atoms with Crippen LogP contribution in [-0.4, -0.2) is 15.5 Å². The van der Waals surface area contributed by atoms with E-state index >= 15 is 0 Å². The maximum atomic E-state index is 13.1. The summed E-state index contributed by atoms with van der Waals surface area (Å²) >= 11 is 0. The van der Waals surface area contributed by atoms with Gasteiger partial charge in [-0.3, -0.25) is 0 Å². The summed E-state index contributed by atoms with van der Waals surface area (Å²) in [4.78, 5) is 0. The molecule has 0 spiro atoms. The maximum absolute atomic E-state index is 13.1. The van der Waals surface area contributed by atoms with E-state index in [2.05, 4.69) is 4.74 Å². The first kappa shape index (κ1) is 12.2. The molecular formula is C8H7ClF2O3S. The molecule has 0 radical (unpaired) electrons. The zero-order chi connectivity index (χ0) is 11.6. The van der Waals surface area contributed by atoms with Crippen LogP contribution in [0.1, 0.15) is 5.56 Å². The molecule has 1 aromatic carbocycles. The quantitative estimate of drug-likeness (QED) is 0.778. The molecule has 7 heteroatoms. The fraction of sp³-hybridized carbons (Fsp3) is 0.250. The third-order valence-electron chi connectivity index (χ3n) is 1.66. The topological polar surface area (TPSA) is 43.4 Å². The van der Waals surface area contributed by atoms with E-state index in [4.69, 9.17) is 10.7 Å². The molecule has 1 rings (SSSR count). The van der Waals surface area contributed by atoms with Crippen LogP contribution in [-0.2, 0) is 14.8 Å². The average molecular weight is 257 g/mol. The third-order valence-corrected chi connectivity index (χ3v) is 2.65. The van der Waals surface area contributed by atoms with Crippen LogP contribution in [0.2, 0.25) is 0 Å². The van der Waals surface area contributed by atoms with Crippen molar-refractivity contribution in [3.63, 3.8) is 0 Å². The maximum Gasteiger partial charge on any atom is 0.236 e. The van der Waals surface area contributed by atoms with E-state index in [1.807, 2.05) is 0 Å². The lowest BCUT2D eigenvalue weighted by atomic mass is 10.2. The highest BCUT2D eigenvalue weighted by Gasteiger charge is 2.18. The normalized spacial score (nSPS) is 11.5. The summed E-state index contributed by atoms with van der Waals surface area (Å²) in [5, 5.41) is 0. The molecule has 84 valence electrons. The average Bonchev–Trinajstić information content (AvgIpc) is 2.10. The molecule has 0 saturated heterocycles. The minimum Gasteiger partial charge on any atom is -0.493 e. The number of benzene rings is 1. The number of rotatable bonds is 3. The van der Waals surface area contributed by atoms with E-state index in [0.717, 1.165) is 19.2 Å². The van der Waals surface area contributed by atoms with Gasteiger partial charge in [-0.05, 0) is 6.07 Å². The smallest absolute Gasteiger partial charge is 0.236 e. The monoisotopic (exact) mass is 256 g/mol. The van der Waals surface area contributed by atoms with Gasteiger partial charge < -0.3 is 4.74 Å². The Balaban J connectivity index is 3.25. The Morgan fingerprint density at radius 2 is 2.00 bits per heavy atom. The van der Waals surface area contributed by atoms with E-state index in [9.17, 15) is 17.2 Å². The lowest BCUT2D eigenvalue weighted by Gasteiger charge is -2.08. The van der Waals surface area contributed by atoms with Crippen LogP contribution in [0.3, 0.4) is 0 Å². The number of halogens is 3. The molecule has 0 unspecified atom stereocenters. The van der Waals surface area contributed by atoms with Crippen LogP contribution >= 0.6 is 10.7 Å². The van der Waals surface area contributed by atoms with Gasteiger partial charge in [0.05, 0.1) is 12.9 Å². The van der Waals surface area contributed by atoms with Gasteiger partial charge in [-0.1, -0.05) is 6.07 Å². The first-order valence-corrected chi connectivity index (χ1v) is 6.26. The Bertz CT molecular complexity index is 473. The first-order valence-electron chi connectivity index (χ1n) is 3.78. The lowest BCUT2D eigenvalue weighted by Crippen LogP contribution is -2.02. The molecular weight excluding hydrogens is 250 g/mol. The molecule has 0 aliphatic rings. The summed E-state index contributed by atoms with van der Waals surface area (Å²) < 4.78 is 51.9. The van der Waals surface area contributed by atoms with E-state index < -0.39 is 32.2 Å². The van der Waals surface area contributed by atoms with Gasteiger partial charge >= 0.3 is 0 Å². The summed E-state index contributed by atoms with van der Waals surface area (Å²) in [7, 11) is 2.27. The van der Waals surface area contributed by atoms with E-state index in [-0.39, 0.29) is 5.56 Å². The minimum atomic E-state index is -3.84.